The Balaban J connectivity index is 2.05. The van der Waals surface area contributed by atoms with Crippen LogP contribution in [0.1, 0.15) is 48.3 Å². The van der Waals surface area contributed by atoms with E-state index in [0.717, 1.165) is 4.68 Å². The van der Waals surface area contributed by atoms with Gasteiger partial charge >= 0.3 is 6.18 Å². The number of nitrogens with zero attached hydrogens (tertiary/aromatic N) is 3. The molecule has 0 radical (unpaired) electrons. The van der Waals surface area contributed by atoms with Crippen LogP contribution in [-0.2, 0) is 0 Å². The summed E-state index contributed by atoms with van der Waals surface area (Å²) in [7, 11) is 2.95. The van der Waals surface area contributed by atoms with Gasteiger partial charge in [0.2, 0.25) is 0 Å². The van der Waals surface area contributed by atoms with Crippen molar-refractivity contribution < 1.29 is 27.4 Å². The number of fused-ring (bicyclic) bond motifs is 1. The highest BCUT2D eigenvalue weighted by atomic mass is 19.4. The van der Waals surface area contributed by atoms with Gasteiger partial charge in [0.25, 0.3) is 5.91 Å². The zero-order valence-electron chi connectivity index (χ0n) is 17.3. The Morgan fingerprint density at radius 3 is 2.47 bits per heavy atom. The summed E-state index contributed by atoms with van der Waals surface area (Å²) in [6.45, 7) is 4.52. The highest BCUT2D eigenvalue weighted by Gasteiger charge is 2.47. The minimum absolute atomic E-state index is 0.0697. The minimum atomic E-state index is -4.52. The highest BCUT2D eigenvalue weighted by Crippen LogP contribution is 2.45. The number of hydrogen-bond acceptors (Lipinski definition) is 5. The number of anilines is 1. The monoisotopic (exact) mass is 426 g/mol. The van der Waals surface area contributed by atoms with Crippen molar-refractivity contribution in [3.8, 4) is 11.5 Å². The molecule has 30 heavy (non-hydrogen) atoms. The summed E-state index contributed by atoms with van der Waals surface area (Å²) in [4.78, 5) is 14.4. The fraction of sp³-hybridized carbons (Fsp3) is 0.500. The second kappa shape index (κ2) is 8.45. The SMILES string of the molecule is CCN(CC)C(=O)c1cnn2c1N[C@@H](c1ccc(OC)c(OC)c1)C[C@@H]2C(F)(F)F. The van der Waals surface area contributed by atoms with Crippen LogP contribution < -0.4 is 14.8 Å². The maximum Gasteiger partial charge on any atom is 0.410 e. The minimum Gasteiger partial charge on any atom is -0.493 e. The zero-order valence-corrected chi connectivity index (χ0v) is 17.3. The van der Waals surface area contributed by atoms with Crippen LogP contribution in [0.4, 0.5) is 19.0 Å². The molecule has 0 unspecified atom stereocenters. The van der Waals surface area contributed by atoms with Gasteiger partial charge in [-0.2, -0.15) is 18.3 Å². The molecule has 3 rings (SSSR count). The van der Waals surface area contributed by atoms with Gasteiger partial charge in [0.15, 0.2) is 17.5 Å². The fourth-order valence-electron chi connectivity index (χ4n) is 3.69. The Labute approximate surface area is 172 Å². The summed E-state index contributed by atoms with van der Waals surface area (Å²) in [5.41, 5.74) is 0.716. The summed E-state index contributed by atoms with van der Waals surface area (Å²) in [5.74, 6) is 0.605. The first-order valence-electron chi connectivity index (χ1n) is 9.67. The number of aromatic nitrogens is 2. The Kier molecular flexibility index (Phi) is 6.14. The third kappa shape index (κ3) is 3.90. The number of ether oxygens (including phenoxy) is 2. The average Bonchev–Trinajstić information content (AvgIpc) is 3.16. The van der Waals surface area contributed by atoms with Crippen molar-refractivity contribution >= 4 is 11.7 Å². The molecule has 1 N–H and O–H groups in total. The molecular formula is C20H25F3N4O3. The van der Waals surface area contributed by atoms with Gasteiger partial charge in [0.1, 0.15) is 11.4 Å². The van der Waals surface area contributed by atoms with Gasteiger partial charge in [0.05, 0.1) is 26.5 Å². The number of alkyl halides is 3. The molecule has 0 aliphatic carbocycles. The number of amides is 1. The number of methoxy groups -OCH3 is 2. The lowest BCUT2D eigenvalue weighted by Crippen LogP contribution is -2.37. The molecule has 10 heteroatoms. The molecule has 2 aromatic rings. The van der Waals surface area contributed by atoms with E-state index in [4.69, 9.17) is 9.47 Å². The number of nitrogens with one attached hydrogen (secondary N) is 1. The summed E-state index contributed by atoms with van der Waals surface area (Å²) >= 11 is 0. The molecule has 0 spiro atoms. The molecule has 1 aromatic heterocycles. The van der Waals surface area contributed by atoms with E-state index in [9.17, 15) is 18.0 Å². The first-order chi connectivity index (χ1) is 14.2. The Hall–Kier alpha value is -2.91. The number of rotatable bonds is 6. The third-order valence-corrected chi connectivity index (χ3v) is 5.33. The van der Waals surface area contributed by atoms with Crippen LogP contribution in [0.2, 0.25) is 0 Å². The van der Waals surface area contributed by atoms with Crippen molar-refractivity contribution in [2.75, 3.05) is 32.6 Å². The first kappa shape index (κ1) is 21.8. The van der Waals surface area contributed by atoms with Crippen molar-refractivity contribution in [2.24, 2.45) is 0 Å². The Morgan fingerprint density at radius 1 is 1.23 bits per heavy atom. The molecule has 0 saturated carbocycles. The molecule has 2 atom stereocenters. The van der Waals surface area contributed by atoms with Crippen molar-refractivity contribution in [3.63, 3.8) is 0 Å². The lowest BCUT2D eigenvalue weighted by molar-refractivity contribution is -0.173. The van der Waals surface area contributed by atoms with Crippen molar-refractivity contribution in [3.05, 3.63) is 35.5 Å². The second-order valence-electron chi connectivity index (χ2n) is 6.93. The quantitative estimate of drug-likeness (QED) is 0.755. The zero-order chi connectivity index (χ0) is 22.1. The molecule has 2 heterocycles. The largest absolute Gasteiger partial charge is 0.493 e. The molecule has 1 amide bonds. The van der Waals surface area contributed by atoms with E-state index in [0.29, 0.717) is 30.2 Å². The first-order valence-corrected chi connectivity index (χ1v) is 9.67. The smallest absolute Gasteiger partial charge is 0.410 e. The van der Waals surface area contributed by atoms with E-state index in [1.165, 1.54) is 20.4 Å². The molecule has 1 aromatic carbocycles. The van der Waals surface area contributed by atoms with E-state index >= 15 is 0 Å². The standard InChI is InChI=1S/C20H25F3N4O3/c1-5-26(6-2)19(28)13-11-24-27-17(20(21,22)23)10-14(25-18(13)27)12-7-8-15(29-3)16(9-12)30-4/h7-9,11,14,17,25H,5-6,10H2,1-4H3/t14-,17-/m1/s1. The molecule has 1 aliphatic rings. The predicted octanol–water partition coefficient (Wildman–Crippen LogP) is 4.04. The number of hydrogen-bond donors (Lipinski definition) is 1. The van der Waals surface area contributed by atoms with Crippen LogP contribution in [0.5, 0.6) is 11.5 Å². The summed E-state index contributed by atoms with van der Waals surface area (Å²) in [6.07, 6.45) is -3.58. The molecule has 0 fully saturated rings. The van der Waals surface area contributed by atoms with E-state index in [1.54, 1.807) is 23.1 Å². The lowest BCUT2D eigenvalue weighted by atomic mass is 9.96. The van der Waals surface area contributed by atoms with Crippen LogP contribution in [0.25, 0.3) is 0 Å². The van der Waals surface area contributed by atoms with Gasteiger partial charge < -0.3 is 19.7 Å². The molecule has 0 saturated heterocycles. The van der Waals surface area contributed by atoms with E-state index in [-0.39, 0.29) is 23.7 Å². The van der Waals surface area contributed by atoms with Gasteiger partial charge in [-0.25, -0.2) is 4.68 Å². The molecule has 164 valence electrons. The van der Waals surface area contributed by atoms with Crippen LogP contribution in [0.15, 0.2) is 24.4 Å². The van der Waals surface area contributed by atoms with E-state index in [1.807, 2.05) is 13.8 Å². The molecule has 1 aliphatic heterocycles. The predicted molar refractivity (Wildman–Crippen MR) is 105 cm³/mol. The number of halogens is 3. The van der Waals surface area contributed by atoms with E-state index in [2.05, 4.69) is 10.4 Å². The van der Waals surface area contributed by atoms with Crippen LogP contribution in [0, 0.1) is 0 Å². The average molecular weight is 426 g/mol. The van der Waals surface area contributed by atoms with Crippen molar-refractivity contribution in [1.82, 2.24) is 14.7 Å². The van der Waals surface area contributed by atoms with Gasteiger partial charge in [-0.3, -0.25) is 4.79 Å². The fourth-order valence-corrected chi connectivity index (χ4v) is 3.69. The number of carbonyl (C=O) groups excluding carboxylic acids is 1. The normalized spacial score (nSPS) is 18.4. The summed E-state index contributed by atoms with van der Waals surface area (Å²) < 4.78 is 52.9. The number of carbonyl (C=O) groups is 1. The van der Waals surface area contributed by atoms with Gasteiger partial charge in [-0.05, 0) is 31.5 Å². The van der Waals surface area contributed by atoms with Gasteiger partial charge in [0, 0.05) is 19.5 Å². The van der Waals surface area contributed by atoms with Gasteiger partial charge in [-0.1, -0.05) is 6.07 Å². The van der Waals surface area contributed by atoms with Crippen LogP contribution >= 0.6 is 0 Å². The highest BCUT2D eigenvalue weighted by molar-refractivity contribution is 5.99. The molecule has 7 nitrogen and oxygen atoms in total. The van der Waals surface area contributed by atoms with E-state index < -0.39 is 18.3 Å². The van der Waals surface area contributed by atoms with Crippen LogP contribution in [-0.4, -0.2) is 54.1 Å². The Morgan fingerprint density at radius 2 is 1.90 bits per heavy atom. The summed E-state index contributed by atoms with van der Waals surface area (Å²) in [5, 5.41) is 7.00. The second-order valence-corrected chi connectivity index (χ2v) is 6.93. The van der Waals surface area contributed by atoms with Crippen molar-refractivity contribution in [2.45, 2.75) is 38.5 Å². The summed E-state index contributed by atoms with van der Waals surface area (Å²) in [6, 6.07) is 2.42. The van der Waals surface area contributed by atoms with Gasteiger partial charge in [-0.15, -0.1) is 0 Å². The molecule has 0 bridgehead atoms. The Bertz CT molecular complexity index is 909. The lowest BCUT2D eigenvalue weighted by Gasteiger charge is -2.34. The van der Waals surface area contributed by atoms with Crippen molar-refractivity contribution in [1.29, 1.82) is 0 Å². The third-order valence-electron chi connectivity index (χ3n) is 5.33. The maximum atomic E-state index is 13.8. The number of benzene rings is 1. The van der Waals surface area contributed by atoms with Crippen LogP contribution in [0.3, 0.4) is 0 Å². The topological polar surface area (TPSA) is 68.6 Å². The maximum absolute atomic E-state index is 13.8. The molecular weight excluding hydrogens is 401 g/mol.